The van der Waals surface area contributed by atoms with Crippen LogP contribution in [0.5, 0.6) is 6.01 Å². The predicted molar refractivity (Wildman–Crippen MR) is 78.6 cm³/mol. The van der Waals surface area contributed by atoms with Crippen LogP contribution in [0.15, 0.2) is 30.3 Å². The van der Waals surface area contributed by atoms with Gasteiger partial charge in [0.05, 0.1) is 6.61 Å². The fourth-order valence-corrected chi connectivity index (χ4v) is 1.72. The lowest BCUT2D eigenvalue weighted by molar-refractivity contribution is 0.292. The maximum Gasteiger partial charge on any atom is 0.323 e. The van der Waals surface area contributed by atoms with Gasteiger partial charge in [-0.05, 0) is 12.0 Å². The fourth-order valence-electron chi connectivity index (χ4n) is 1.72. The lowest BCUT2D eigenvalue weighted by Gasteiger charge is -2.17. The molecule has 0 radical (unpaired) electrons. The SMILES string of the molecule is CCCOc1nc(N)nc(N(C)Cc2ccccc2)n1. The smallest absolute Gasteiger partial charge is 0.323 e. The van der Waals surface area contributed by atoms with E-state index in [2.05, 4.69) is 27.1 Å². The highest BCUT2D eigenvalue weighted by atomic mass is 16.5. The number of nitrogens with zero attached hydrogens (tertiary/aromatic N) is 4. The van der Waals surface area contributed by atoms with E-state index in [0.717, 1.165) is 6.42 Å². The molecule has 2 N–H and O–H groups in total. The molecule has 0 unspecified atom stereocenters. The predicted octanol–water partition coefficient (Wildman–Crippen LogP) is 1.88. The standard InChI is InChI=1S/C14H19N5O/c1-3-9-20-14-17-12(15)16-13(18-14)19(2)10-11-7-5-4-6-8-11/h4-8H,3,9-10H2,1-2H3,(H2,15,16,17,18). The van der Waals surface area contributed by atoms with E-state index in [1.165, 1.54) is 5.56 Å². The van der Waals surface area contributed by atoms with E-state index < -0.39 is 0 Å². The molecule has 1 aromatic heterocycles. The average Bonchev–Trinajstić information content (AvgIpc) is 2.45. The van der Waals surface area contributed by atoms with Gasteiger partial charge in [-0.15, -0.1) is 0 Å². The van der Waals surface area contributed by atoms with Gasteiger partial charge in [0.25, 0.3) is 0 Å². The molecule has 0 fully saturated rings. The van der Waals surface area contributed by atoms with Gasteiger partial charge in [-0.3, -0.25) is 0 Å². The number of nitrogens with two attached hydrogens (primary N) is 1. The number of anilines is 2. The third kappa shape index (κ3) is 3.81. The van der Waals surface area contributed by atoms with Crippen molar-refractivity contribution in [2.24, 2.45) is 0 Å². The molecule has 20 heavy (non-hydrogen) atoms. The van der Waals surface area contributed by atoms with Crippen LogP contribution in [0.3, 0.4) is 0 Å². The summed E-state index contributed by atoms with van der Waals surface area (Å²) < 4.78 is 5.41. The Kier molecular flexibility index (Phi) is 4.70. The van der Waals surface area contributed by atoms with E-state index in [9.17, 15) is 0 Å². The average molecular weight is 273 g/mol. The highest BCUT2D eigenvalue weighted by Crippen LogP contribution is 2.14. The molecule has 6 heteroatoms. The zero-order valence-corrected chi connectivity index (χ0v) is 11.8. The Hall–Kier alpha value is -2.37. The summed E-state index contributed by atoms with van der Waals surface area (Å²) in [5.41, 5.74) is 6.86. The molecule has 0 aliphatic rings. The summed E-state index contributed by atoms with van der Waals surface area (Å²) in [6.45, 7) is 3.27. The second-order valence-electron chi connectivity index (χ2n) is 4.47. The third-order valence-electron chi connectivity index (χ3n) is 2.66. The topological polar surface area (TPSA) is 77.2 Å². The molecule has 1 aromatic carbocycles. The molecule has 0 saturated carbocycles. The Morgan fingerprint density at radius 2 is 1.90 bits per heavy atom. The van der Waals surface area contributed by atoms with Crippen molar-refractivity contribution in [1.82, 2.24) is 15.0 Å². The van der Waals surface area contributed by atoms with Crippen LogP contribution in [0.1, 0.15) is 18.9 Å². The summed E-state index contributed by atoms with van der Waals surface area (Å²) in [5.74, 6) is 0.675. The first-order chi connectivity index (χ1) is 9.69. The molecule has 1 heterocycles. The fraction of sp³-hybridized carbons (Fsp3) is 0.357. The van der Waals surface area contributed by atoms with Crippen LogP contribution in [-0.4, -0.2) is 28.6 Å². The summed E-state index contributed by atoms with van der Waals surface area (Å²) in [6.07, 6.45) is 0.890. The van der Waals surface area contributed by atoms with E-state index in [-0.39, 0.29) is 12.0 Å². The summed E-state index contributed by atoms with van der Waals surface area (Å²) in [6, 6.07) is 10.4. The lowest BCUT2D eigenvalue weighted by atomic mass is 10.2. The molecule has 0 aliphatic carbocycles. The Balaban J connectivity index is 2.12. The number of nitrogen functional groups attached to an aromatic ring is 1. The van der Waals surface area contributed by atoms with Crippen LogP contribution in [-0.2, 0) is 6.54 Å². The monoisotopic (exact) mass is 273 g/mol. The minimum atomic E-state index is 0.168. The van der Waals surface area contributed by atoms with Crippen molar-refractivity contribution in [3.8, 4) is 6.01 Å². The Morgan fingerprint density at radius 1 is 1.15 bits per heavy atom. The van der Waals surface area contributed by atoms with Gasteiger partial charge in [-0.2, -0.15) is 15.0 Å². The van der Waals surface area contributed by atoms with Crippen LogP contribution < -0.4 is 15.4 Å². The first kappa shape index (κ1) is 14.0. The molecule has 0 amide bonds. The van der Waals surface area contributed by atoms with Crippen LogP contribution in [0.4, 0.5) is 11.9 Å². The maximum atomic E-state index is 5.69. The molecule has 0 spiro atoms. The van der Waals surface area contributed by atoms with Gasteiger partial charge in [-0.25, -0.2) is 0 Å². The third-order valence-corrected chi connectivity index (χ3v) is 2.66. The van der Waals surface area contributed by atoms with Gasteiger partial charge in [0.2, 0.25) is 11.9 Å². The van der Waals surface area contributed by atoms with Gasteiger partial charge in [-0.1, -0.05) is 37.3 Å². The minimum Gasteiger partial charge on any atom is -0.463 e. The molecule has 6 nitrogen and oxygen atoms in total. The second kappa shape index (κ2) is 6.70. The molecular weight excluding hydrogens is 254 g/mol. The molecule has 0 saturated heterocycles. The summed E-state index contributed by atoms with van der Waals surface area (Å²) >= 11 is 0. The van der Waals surface area contributed by atoms with Crippen molar-refractivity contribution < 1.29 is 4.74 Å². The van der Waals surface area contributed by atoms with Gasteiger partial charge in [0, 0.05) is 13.6 Å². The van der Waals surface area contributed by atoms with Crippen molar-refractivity contribution in [2.45, 2.75) is 19.9 Å². The van der Waals surface area contributed by atoms with E-state index in [1.54, 1.807) is 0 Å². The zero-order valence-electron chi connectivity index (χ0n) is 11.8. The first-order valence-electron chi connectivity index (χ1n) is 6.58. The quantitative estimate of drug-likeness (QED) is 0.866. The lowest BCUT2D eigenvalue weighted by Crippen LogP contribution is -2.20. The summed E-state index contributed by atoms with van der Waals surface area (Å²) in [4.78, 5) is 14.3. The van der Waals surface area contributed by atoms with Crippen molar-refractivity contribution in [1.29, 1.82) is 0 Å². The van der Waals surface area contributed by atoms with Crippen molar-refractivity contribution in [3.05, 3.63) is 35.9 Å². The molecule has 106 valence electrons. The highest BCUT2D eigenvalue weighted by molar-refractivity contribution is 5.36. The van der Waals surface area contributed by atoms with Gasteiger partial charge in [0.1, 0.15) is 0 Å². The number of hydrogen-bond acceptors (Lipinski definition) is 6. The molecule has 0 atom stereocenters. The van der Waals surface area contributed by atoms with E-state index in [1.807, 2.05) is 37.1 Å². The van der Waals surface area contributed by atoms with Gasteiger partial charge in [0.15, 0.2) is 0 Å². The second-order valence-corrected chi connectivity index (χ2v) is 4.47. The highest BCUT2D eigenvalue weighted by Gasteiger charge is 2.10. The summed E-state index contributed by atoms with van der Waals surface area (Å²) in [7, 11) is 1.91. The number of rotatable bonds is 6. The number of hydrogen-bond donors (Lipinski definition) is 1. The van der Waals surface area contributed by atoms with Crippen LogP contribution in [0.25, 0.3) is 0 Å². The number of aromatic nitrogens is 3. The van der Waals surface area contributed by atoms with E-state index in [0.29, 0.717) is 19.1 Å². The van der Waals surface area contributed by atoms with Gasteiger partial charge >= 0.3 is 6.01 Å². The van der Waals surface area contributed by atoms with Crippen LogP contribution >= 0.6 is 0 Å². The van der Waals surface area contributed by atoms with Crippen molar-refractivity contribution in [2.75, 3.05) is 24.3 Å². The number of ether oxygens (including phenoxy) is 1. The van der Waals surface area contributed by atoms with Crippen LogP contribution in [0.2, 0.25) is 0 Å². The molecule has 2 aromatic rings. The molecule has 0 bridgehead atoms. The first-order valence-corrected chi connectivity index (χ1v) is 6.58. The van der Waals surface area contributed by atoms with Crippen LogP contribution in [0, 0.1) is 0 Å². The van der Waals surface area contributed by atoms with E-state index in [4.69, 9.17) is 10.5 Å². The molecule has 2 rings (SSSR count). The Bertz CT molecular complexity index is 547. The Morgan fingerprint density at radius 3 is 2.60 bits per heavy atom. The Labute approximate surface area is 118 Å². The maximum absolute atomic E-state index is 5.69. The molecule has 0 aliphatic heterocycles. The van der Waals surface area contributed by atoms with Crippen molar-refractivity contribution >= 4 is 11.9 Å². The summed E-state index contributed by atoms with van der Waals surface area (Å²) in [5, 5.41) is 0. The van der Waals surface area contributed by atoms with Crippen molar-refractivity contribution in [3.63, 3.8) is 0 Å². The normalized spacial score (nSPS) is 10.3. The molecular formula is C14H19N5O. The zero-order chi connectivity index (χ0) is 14.4. The van der Waals surface area contributed by atoms with E-state index >= 15 is 0 Å². The largest absolute Gasteiger partial charge is 0.463 e. The van der Waals surface area contributed by atoms with Gasteiger partial charge < -0.3 is 15.4 Å². The minimum absolute atomic E-state index is 0.168. The number of benzene rings is 1.